The van der Waals surface area contributed by atoms with Gasteiger partial charge in [0.05, 0.1) is 12.7 Å². The number of likely N-dealkylation sites (tertiary alicyclic amines) is 1. The number of hydrogen-bond acceptors (Lipinski definition) is 6. The summed E-state index contributed by atoms with van der Waals surface area (Å²) in [6.07, 6.45) is 7.02. The summed E-state index contributed by atoms with van der Waals surface area (Å²) in [7, 11) is 0. The number of carbonyl (C=O) groups is 1. The molecule has 2 unspecified atom stereocenters. The maximum atomic E-state index is 12.8. The molecular weight excluding hydrogens is 346 g/mol. The normalized spacial score (nSPS) is 18.3. The predicted octanol–water partition coefficient (Wildman–Crippen LogP) is 2.69. The fourth-order valence-electron chi connectivity index (χ4n) is 3.49. The minimum Gasteiger partial charge on any atom is -0.476 e. The molecule has 1 aromatic rings. The minimum atomic E-state index is -0.425. The number of hydrogen-bond donors (Lipinski definition) is 2. The van der Waals surface area contributed by atoms with Gasteiger partial charge in [0.15, 0.2) is 5.76 Å². The van der Waals surface area contributed by atoms with Crippen molar-refractivity contribution >= 4 is 5.91 Å². The summed E-state index contributed by atoms with van der Waals surface area (Å²) in [4.78, 5) is 14.5. The highest BCUT2D eigenvalue weighted by atomic mass is 16.5. The molecule has 3 N–H and O–H groups in total. The van der Waals surface area contributed by atoms with Gasteiger partial charge in [-0.15, -0.1) is 0 Å². The summed E-state index contributed by atoms with van der Waals surface area (Å²) in [5, 5.41) is 13.7. The van der Waals surface area contributed by atoms with Crippen LogP contribution in [0.3, 0.4) is 0 Å². The van der Waals surface area contributed by atoms with E-state index in [2.05, 4.69) is 5.16 Å². The quantitative estimate of drug-likeness (QED) is 0.540. The van der Waals surface area contributed by atoms with E-state index in [0.29, 0.717) is 37.8 Å². The van der Waals surface area contributed by atoms with E-state index < -0.39 is 12.0 Å². The highest BCUT2D eigenvalue weighted by Gasteiger charge is 2.35. The summed E-state index contributed by atoms with van der Waals surface area (Å²) in [6, 6.07) is 1.73. The molecule has 0 radical (unpaired) electrons. The van der Waals surface area contributed by atoms with Crippen LogP contribution in [-0.4, -0.2) is 53.4 Å². The number of carbonyl (C=O) groups excluding carboxylic acids is 1. The molecule has 1 fully saturated rings. The third kappa shape index (κ3) is 6.81. The Bertz CT molecular complexity index is 561. The van der Waals surface area contributed by atoms with Crippen LogP contribution in [0.15, 0.2) is 10.6 Å². The summed E-state index contributed by atoms with van der Waals surface area (Å²) < 4.78 is 11.1. The Labute approximate surface area is 162 Å². The lowest BCUT2D eigenvalue weighted by atomic mass is 9.92. The van der Waals surface area contributed by atoms with Crippen molar-refractivity contribution < 1.29 is 19.2 Å². The van der Waals surface area contributed by atoms with Crippen molar-refractivity contribution in [3.63, 3.8) is 0 Å². The third-order valence-corrected chi connectivity index (χ3v) is 5.07. The van der Waals surface area contributed by atoms with E-state index in [9.17, 15) is 9.90 Å². The largest absolute Gasteiger partial charge is 0.476 e. The van der Waals surface area contributed by atoms with Gasteiger partial charge in [0.2, 0.25) is 5.91 Å². The number of amides is 1. The summed E-state index contributed by atoms with van der Waals surface area (Å²) in [6.45, 7) is 6.33. The molecule has 2 heterocycles. The number of aliphatic hydroxyl groups excluding tert-OH is 1. The molecule has 27 heavy (non-hydrogen) atoms. The molecule has 7 heteroatoms. The Morgan fingerprint density at radius 1 is 1.33 bits per heavy atom. The van der Waals surface area contributed by atoms with Crippen LogP contribution < -0.4 is 10.5 Å². The van der Waals surface area contributed by atoms with Gasteiger partial charge in [-0.3, -0.25) is 4.79 Å². The molecule has 2 atom stereocenters. The van der Waals surface area contributed by atoms with Crippen LogP contribution in [0.5, 0.6) is 5.88 Å². The fourth-order valence-corrected chi connectivity index (χ4v) is 3.49. The van der Waals surface area contributed by atoms with Crippen LogP contribution in [0.4, 0.5) is 0 Å². The second-order valence-corrected chi connectivity index (χ2v) is 7.77. The molecule has 1 saturated heterocycles. The van der Waals surface area contributed by atoms with Gasteiger partial charge in [-0.25, -0.2) is 0 Å². The van der Waals surface area contributed by atoms with Crippen molar-refractivity contribution in [2.45, 2.75) is 70.8 Å². The number of aromatic nitrogens is 1. The van der Waals surface area contributed by atoms with Gasteiger partial charge < -0.3 is 25.0 Å². The Morgan fingerprint density at radius 2 is 2.04 bits per heavy atom. The van der Waals surface area contributed by atoms with Gasteiger partial charge in [-0.05, 0) is 36.9 Å². The first-order valence-electron chi connectivity index (χ1n) is 10.3. The van der Waals surface area contributed by atoms with Gasteiger partial charge in [-0.1, -0.05) is 39.5 Å². The molecule has 0 bridgehead atoms. The number of β-amino-alcohol motifs (C(OH)–C–C–N with tert-alkyl or cyclic N) is 1. The second kappa shape index (κ2) is 11.3. The fraction of sp³-hybridized carbons (Fsp3) is 0.800. The SMILES string of the molecule is CC(C)C(C(=O)N1CCC(O)C1)c1cc(OCCCCCCCCN)no1. The van der Waals surface area contributed by atoms with Crippen LogP contribution in [0.2, 0.25) is 0 Å². The van der Waals surface area contributed by atoms with Gasteiger partial charge in [0.1, 0.15) is 5.92 Å². The number of nitrogens with two attached hydrogens (primary N) is 1. The molecule has 0 aromatic carbocycles. The van der Waals surface area contributed by atoms with Gasteiger partial charge in [0, 0.05) is 19.2 Å². The van der Waals surface area contributed by atoms with E-state index in [1.807, 2.05) is 13.8 Å². The molecule has 1 aromatic heterocycles. The smallest absolute Gasteiger partial charge is 0.254 e. The topological polar surface area (TPSA) is 102 Å². The molecular formula is C20H35N3O4. The van der Waals surface area contributed by atoms with E-state index in [4.69, 9.17) is 15.0 Å². The van der Waals surface area contributed by atoms with E-state index in [1.165, 1.54) is 19.3 Å². The molecule has 0 aliphatic carbocycles. The summed E-state index contributed by atoms with van der Waals surface area (Å²) in [5.74, 6) is 0.634. The molecule has 0 spiro atoms. The molecule has 1 aliphatic rings. The van der Waals surface area contributed by atoms with Crippen molar-refractivity contribution in [3.05, 3.63) is 11.8 Å². The number of nitrogens with zero attached hydrogens (tertiary/aromatic N) is 2. The molecule has 7 nitrogen and oxygen atoms in total. The van der Waals surface area contributed by atoms with Crippen LogP contribution in [0.1, 0.15) is 70.5 Å². The lowest BCUT2D eigenvalue weighted by Crippen LogP contribution is -2.35. The third-order valence-electron chi connectivity index (χ3n) is 5.07. The molecule has 0 saturated carbocycles. The molecule has 2 rings (SSSR count). The first-order valence-corrected chi connectivity index (χ1v) is 10.3. The Hall–Kier alpha value is -1.60. The minimum absolute atomic E-state index is 0.0123. The molecule has 154 valence electrons. The lowest BCUT2D eigenvalue weighted by Gasteiger charge is -2.23. The van der Waals surface area contributed by atoms with Crippen molar-refractivity contribution in [2.24, 2.45) is 11.7 Å². The number of unbranched alkanes of at least 4 members (excludes halogenated alkanes) is 5. The van der Waals surface area contributed by atoms with Crippen molar-refractivity contribution in [2.75, 3.05) is 26.2 Å². The van der Waals surface area contributed by atoms with Gasteiger partial charge in [0.25, 0.3) is 5.88 Å². The Kier molecular flexibility index (Phi) is 9.07. The maximum absolute atomic E-state index is 12.8. The highest BCUT2D eigenvalue weighted by Crippen LogP contribution is 2.30. The van der Waals surface area contributed by atoms with Crippen molar-refractivity contribution in [1.29, 1.82) is 0 Å². The van der Waals surface area contributed by atoms with Crippen LogP contribution in [0.25, 0.3) is 0 Å². The average Bonchev–Trinajstić information content (AvgIpc) is 3.26. The zero-order valence-electron chi connectivity index (χ0n) is 16.7. The predicted molar refractivity (Wildman–Crippen MR) is 104 cm³/mol. The van der Waals surface area contributed by atoms with Crippen LogP contribution in [-0.2, 0) is 4.79 Å². The van der Waals surface area contributed by atoms with Gasteiger partial charge in [-0.2, -0.15) is 0 Å². The molecule has 1 amide bonds. The van der Waals surface area contributed by atoms with Crippen LogP contribution in [0, 0.1) is 5.92 Å². The lowest BCUT2D eigenvalue weighted by molar-refractivity contribution is -0.133. The monoisotopic (exact) mass is 381 g/mol. The van der Waals surface area contributed by atoms with E-state index in [0.717, 1.165) is 25.8 Å². The number of aliphatic hydroxyl groups is 1. The number of rotatable bonds is 12. The zero-order valence-corrected chi connectivity index (χ0v) is 16.7. The highest BCUT2D eigenvalue weighted by molar-refractivity contribution is 5.83. The van der Waals surface area contributed by atoms with Crippen molar-refractivity contribution in [3.8, 4) is 5.88 Å². The summed E-state index contributed by atoms with van der Waals surface area (Å²) in [5.41, 5.74) is 5.49. The standard InChI is InChI=1S/C20H35N3O4/c1-15(2)19(20(25)23-11-9-16(24)14-23)17-13-18(22-27-17)26-12-8-6-4-3-5-7-10-21/h13,15-16,19,24H,3-12,14,21H2,1-2H3. The van der Waals surface area contributed by atoms with Gasteiger partial charge >= 0.3 is 0 Å². The molecule has 1 aliphatic heterocycles. The van der Waals surface area contributed by atoms with E-state index in [1.54, 1.807) is 11.0 Å². The zero-order chi connectivity index (χ0) is 19.6. The van der Waals surface area contributed by atoms with Crippen molar-refractivity contribution in [1.82, 2.24) is 10.1 Å². The number of ether oxygens (including phenoxy) is 1. The van der Waals surface area contributed by atoms with E-state index >= 15 is 0 Å². The second-order valence-electron chi connectivity index (χ2n) is 7.77. The summed E-state index contributed by atoms with van der Waals surface area (Å²) >= 11 is 0. The first-order chi connectivity index (χ1) is 13.0. The first kappa shape index (κ1) is 21.7. The maximum Gasteiger partial charge on any atom is 0.254 e. The Morgan fingerprint density at radius 3 is 2.67 bits per heavy atom. The Balaban J connectivity index is 1.79. The van der Waals surface area contributed by atoms with Crippen LogP contribution >= 0.6 is 0 Å². The van der Waals surface area contributed by atoms with E-state index in [-0.39, 0.29) is 11.8 Å². The average molecular weight is 382 g/mol.